The summed E-state index contributed by atoms with van der Waals surface area (Å²) in [5.74, 6) is -0.0206. The van der Waals surface area contributed by atoms with Crippen LogP contribution in [0.5, 0.6) is 0 Å². The third kappa shape index (κ3) is 4.01. The zero-order chi connectivity index (χ0) is 11.9. The van der Waals surface area contributed by atoms with E-state index in [1.807, 2.05) is 47.8 Å². The van der Waals surface area contributed by atoms with Gasteiger partial charge in [0.1, 0.15) is 0 Å². The van der Waals surface area contributed by atoms with E-state index in [0.29, 0.717) is 6.54 Å². The Labute approximate surface area is 104 Å². The molecule has 0 bridgehead atoms. The highest BCUT2D eigenvalue weighted by Gasteiger charge is 2.01. The summed E-state index contributed by atoms with van der Waals surface area (Å²) >= 11 is 1.68. The second-order valence-electron chi connectivity index (χ2n) is 3.60. The van der Waals surface area contributed by atoms with Crippen LogP contribution < -0.4 is 10.6 Å². The van der Waals surface area contributed by atoms with Gasteiger partial charge in [0.2, 0.25) is 5.91 Å². The van der Waals surface area contributed by atoms with Gasteiger partial charge in [-0.1, -0.05) is 24.3 Å². The van der Waals surface area contributed by atoms with E-state index in [-0.39, 0.29) is 5.91 Å². The maximum Gasteiger partial charge on any atom is 0.238 e. The van der Waals surface area contributed by atoms with Gasteiger partial charge in [0.15, 0.2) is 0 Å². The summed E-state index contributed by atoms with van der Waals surface area (Å²) in [5, 5.41) is 7.96. The van der Waals surface area contributed by atoms with Crippen LogP contribution in [0, 0.1) is 0 Å². The number of carbonyl (C=O) groups excluding carboxylic acids is 1. The molecule has 2 N–H and O–H groups in total. The van der Waals surface area contributed by atoms with Crippen LogP contribution in [0.4, 0.5) is 5.69 Å². The molecule has 2 rings (SSSR count). The van der Waals surface area contributed by atoms with Gasteiger partial charge in [-0.25, -0.2) is 0 Å². The van der Waals surface area contributed by atoms with Gasteiger partial charge in [-0.15, -0.1) is 11.3 Å². The van der Waals surface area contributed by atoms with Gasteiger partial charge in [-0.3, -0.25) is 4.79 Å². The summed E-state index contributed by atoms with van der Waals surface area (Å²) in [6.07, 6.45) is 0. The van der Waals surface area contributed by atoms with Gasteiger partial charge in [0, 0.05) is 17.1 Å². The number of nitrogens with one attached hydrogen (secondary N) is 2. The summed E-state index contributed by atoms with van der Waals surface area (Å²) in [7, 11) is 0. The predicted octanol–water partition coefficient (Wildman–Crippen LogP) is 2.48. The SMILES string of the molecule is O=C(CNCc1cccs1)Nc1ccccc1. The Morgan fingerprint density at radius 2 is 1.94 bits per heavy atom. The monoisotopic (exact) mass is 246 g/mol. The molecule has 1 heterocycles. The number of amides is 1. The largest absolute Gasteiger partial charge is 0.325 e. The predicted molar refractivity (Wildman–Crippen MR) is 71.1 cm³/mol. The van der Waals surface area contributed by atoms with Crippen LogP contribution in [0.25, 0.3) is 0 Å². The average molecular weight is 246 g/mol. The molecule has 0 saturated carbocycles. The van der Waals surface area contributed by atoms with Crippen LogP contribution in [0.2, 0.25) is 0 Å². The fraction of sp³-hybridized carbons (Fsp3) is 0.154. The first kappa shape index (κ1) is 11.8. The van der Waals surface area contributed by atoms with Crippen molar-refractivity contribution >= 4 is 22.9 Å². The van der Waals surface area contributed by atoms with Crippen molar-refractivity contribution in [2.24, 2.45) is 0 Å². The normalized spacial score (nSPS) is 10.1. The number of carbonyl (C=O) groups is 1. The Bertz CT molecular complexity index is 454. The van der Waals surface area contributed by atoms with Crippen molar-refractivity contribution in [3.05, 3.63) is 52.7 Å². The highest BCUT2D eigenvalue weighted by atomic mass is 32.1. The molecule has 0 spiro atoms. The van der Waals surface area contributed by atoms with Crippen LogP contribution in [-0.2, 0) is 11.3 Å². The molecule has 0 radical (unpaired) electrons. The first-order valence-electron chi connectivity index (χ1n) is 5.42. The Balaban J connectivity index is 1.71. The van der Waals surface area contributed by atoms with Gasteiger partial charge in [0.05, 0.1) is 6.54 Å². The van der Waals surface area contributed by atoms with Crippen LogP contribution in [0.1, 0.15) is 4.88 Å². The van der Waals surface area contributed by atoms with Gasteiger partial charge in [-0.05, 0) is 23.6 Å². The van der Waals surface area contributed by atoms with Crippen LogP contribution >= 0.6 is 11.3 Å². The molecule has 0 aliphatic carbocycles. The molecule has 0 aliphatic heterocycles. The lowest BCUT2D eigenvalue weighted by Crippen LogP contribution is -2.27. The molecule has 1 amide bonds. The topological polar surface area (TPSA) is 41.1 Å². The summed E-state index contributed by atoms with van der Waals surface area (Å²) in [6.45, 7) is 1.06. The molecule has 88 valence electrons. The third-order valence-corrected chi connectivity index (χ3v) is 3.10. The molecular formula is C13H14N2OS. The van der Waals surface area contributed by atoms with Crippen molar-refractivity contribution < 1.29 is 4.79 Å². The van der Waals surface area contributed by atoms with Gasteiger partial charge in [0.25, 0.3) is 0 Å². The van der Waals surface area contributed by atoms with E-state index in [9.17, 15) is 4.79 Å². The molecule has 3 nitrogen and oxygen atoms in total. The molecule has 0 fully saturated rings. The minimum absolute atomic E-state index is 0.0206. The molecule has 0 aliphatic rings. The van der Waals surface area contributed by atoms with Crippen molar-refractivity contribution in [1.82, 2.24) is 5.32 Å². The number of hydrogen-bond donors (Lipinski definition) is 2. The lowest BCUT2D eigenvalue weighted by molar-refractivity contribution is -0.115. The van der Waals surface area contributed by atoms with E-state index < -0.39 is 0 Å². The smallest absolute Gasteiger partial charge is 0.238 e. The zero-order valence-corrected chi connectivity index (χ0v) is 10.2. The maximum atomic E-state index is 11.6. The van der Waals surface area contributed by atoms with E-state index in [1.54, 1.807) is 11.3 Å². The molecule has 4 heteroatoms. The summed E-state index contributed by atoms with van der Waals surface area (Å²) in [6, 6.07) is 13.5. The summed E-state index contributed by atoms with van der Waals surface area (Å²) in [5.41, 5.74) is 0.829. The molecular weight excluding hydrogens is 232 g/mol. The van der Waals surface area contributed by atoms with E-state index in [4.69, 9.17) is 0 Å². The molecule has 1 aromatic carbocycles. The number of thiophene rings is 1. The molecule has 1 aromatic heterocycles. The fourth-order valence-electron chi connectivity index (χ4n) is 1.44. The van der Waals surface area contributed by atoms with E-state index in [1.165, 1.54) is 4.88 Å². The van der Waals surface area contributed by atoms with E-state index in [0.717, 1.165) is 12.2 Å². The van der Waals surface area contributed by atoms with Crippen LogP contribution in [-0.4, -0.2) is 12.5 Å². The Morgan fingerprint density at radius 3 is 2.65 bits per heavy atom. The Morgan fingerprint density at radius 1 is 1.12 bits per heavy atom. The second-order valence-corrected chi connectivity index (χ2v) is 4.63. The van der Waals surface area contributed by atoms with Crippen molar-refractivity contribution in [2.75, 3.05) is 11.9 Å². The van der Waals surface area contributed by atoms with Crippen molar-refractivity contribution in [3.8, 4) is 0 Å². The molecule has 0 saturated heterocycles. The van der Waals surface area contributed by atoms with Crippen LogP contribution in [0.3, 0.4) is 0 Å². The van der Waals surface area contributed by atoms with Gasteiger partial charge < -0.3 is 10.6 Å². The Kier molecular flexibility index (Phi) is 4.30. The lowest BCUT2D eigenvalue weighted by atomic mass is 10.3. The van der Waals surface area contributed by atoms with E-state index in [2.05, 4.69) is 10.6 Å². The minimum atomic E-state index is -0.0206. The van der Waals surface area contributed by atoms with Gasteiger partial charge >= 0.3 is 0 Å². The maximum absolute atomic E-state index is 11.6. The number of rotatable bonds is 5. The third-order valence-electron chi connectivity index (χ3n) is 2.22. The molecule has 0 atom stereocenters. The number of benzene rings is 1. The highest BCUT2D eigenvalue weighted by molar-refractivity contribution is 7.09. The Hall–Kier alpha value is -1.65. The minimum Gasteiger partial charge on any atom is -0.325 e. The first-order chi connectivity index (χ1) is 8.34. The molecule has 17 heavy (non-hydrogen) atoms. The van der Waals surface area contributed by atoms with Crippen LogP contribution in [0.15, 0.2) is 47.8 Å². The second kappa shape index (κ2) is 6.18. The highest BCUT2D eigenvalue weighted by Crippen LogP contribution is 2.07. The average Bonchev–Trinajstić information content (AvgIpc) is 2.83. The first-order valence-corrected chi connectivity index (χ1v) is 6.30. The summed E-state index contributed by atoms with van der Waals surface area (Å²) in [4.78, 5) is 12.8. The molecule has 2 aromatic rings. The van der Waals surface area contributed by atoms with E-state index >= 15 is 0 Å². The quantitative estimate of drug-likeness (QED) is 0.851. The fourth-order valence-corrected chi connectivity index (χ4v) is 2.11. The van der Waals surface area contributed by atoms with Crippen molar-refractivity contribution in [1.29, 1.82) is 0 Å². The number of para-hydroxylation sites is 1. The standard InChI is InChI=1S/C13H14N2OS/c16-13(15-11-5-2-1-3-6-11)10-14-9-12-7-4-8-17-12/h1-8,14H,9-10H2,(H,15,16). The van der Waals surface area contributed by atoms with Gasteiger partial charge in [-0.2, -0.15) is 0 Å². The van der Waals surface area contributed by atoms with Crippen molar-refractivity contribution in [3.63, 3.8) is 0 Å². The number of anilines is 1. The summed E-state index contributed by atoms with van der Waals surface area (Å²) < 4.78 is 0. The zero-order valence-electron chi connectivity index (χ0n) is 9.35. The molecule has 0 unspecified atom stereocenters. The van der Waals surface area contributed by atoms with Crippen molar-refractivity contribution in [2.45, 2.75) is 6.54 Å². The number of hydrogen-bond acceptors (Lipinski definition) is 3. The lowest BCUT2D eigenvalue weighted by Gasteiger charge is -2.05.